The Kier molecular flexibility index (Phi) is 9.19. The average Bonchev–Trinajstić information content (AvgIpc) is 2.86. The van der Waals surface area contributed by atoms with Crippen molar-refractivity contribution in [2.75, 3.05) is 12.4 Å². The molecule has 3 aromatic carbocycles. The number of fused-ring (bicyclic) bond motifs is 1. The fourth-order valence-electron chi connectivity index (χ4n) is 4.46. The summed E-state index contributed by atoms with van der Waals surface area (Å²) >= 11 is 0. The molecule has 9 heteroatoms. The van der Waals surface area contributed by atoms with Crippen LogP contribution < -0.4 is 16.0 Å². The fourth-order valence-corrected chi connectivity index (χ4v) is 4.46. The first kappa shape index (κ1) is 30.1. The second-order valence-electron chi connectivity index (χ2n) is 10.8. The zero-order valence-electron chi connectivity index (χ0n) is 24.2. The first-order valence-corrected chi connectivity index (χ1v) is 13.0. The molecule has 0 heterocycles. The number of nitrogens with one attached hydrogen (secondary N) is 3. The first-order valence-electron chi connectivity index (χ1n) is 13.0. The monoisotopic (exact) mass is 547 g/mol. The molecule has 0 radical (unpaired) electrons. The van der Waals surface area contributed by atoms with Crippen LogP contribution in [0.4, 0.5) is 10.5 Å². The second kappa shape index (κ2) is 12.2. The number of anilines is 1. The van der Waals surface area contributed by atoms with Crippen molar-refractivity contribution in [3.63, 3.8) is 0 Å². The van der Waals surface area contributed by atoms with Gasteiger partial charge in [0.25, 0.3) is 5.91 Å². The molecule has 0 bridgehead atoms. The van der Waals surface area contributed by atoms with E-state index in [0.717, 1.165) is 21.9 Å². The van der Waals surface area contributed by atoms with E-state index >= 15 is 0 Å². The summed E-state index contributed by atoms with van der Waals surface area (Å²) in [5.74, 6) is -1.62. The van der Waals surface area contributed by atoms with Gasteiger partial charge in [-0.25, -0.2) is 9.59 Å². The van der Waals surface area contributed by atoms with E-state index in [-0.39, 0.29) is 0 Å². The smallest absolute Gasteiger partial charge is 0.412 e. The third kappa shape index (κ3) is 7.16. The Morgan fingerprint density at radius 2 is 1.52 bits per heavy atom. The van der Waals surface area contributed by atoms with Gasteiger partial charge in [0, 0.05) is 16.7 Å². The Morgan fingerprint density at radius 1 is 0.850 bits per heavy atom. The molecule has 40 heavy (non-hydrogen) atoms. The van der Waals surface area contributed by atoms with Gasteiger partial charge in [0.2, 0.25) is 5.91 Å². The number of esters is 1. The SMILES string of the molecule is COC(=O)[C@H](C)NC(=O)[C@H](C)NC(=O)c1ccc2ccccc2c1-c1c(C)cc(C)cc1NC(=O)OC(C)(C)C. The van der Waals surface area contributed by atoms with E-state index in [4.69, 9.17) is 4.74 Å². The second-order valence-corrected chi connectivity index (χ2v) is 10.8. The summed E-state index contributed by atoms with van der Waals surface area (Å²) in [6.45, 7) is 12.2. The number of hydrogen-bond donors (Lipinski definition) is 3. The van der Waals surface area contributed by atoms with Crippen LogP contribution in [-0.2, 0) is 19.1 Å². The molecule has 2 atom stereocenters. The molecule has 3 aromatic rings. The van der Waals surface area contributed by atoms with Crippen LogP contribution in [0.15, 0.2) is 48.5 Å². The predicted octanol–water partition coefficient (Wildman–Crippen LogP) is 5.27. The van der Waals surface area contributed by atoms with E-state index < -0.39 is 41.6 Å². The molecular weight excluding hydrogens is 510 g/mol. The summed E-state index contributed by atoms with van der Waals surface area (Å²) in [5, 5.41) is 9.85. The van der Waals surface area contributed by atoms with Crippen molar-refractivity contribution in [1.29, 1.82) is 0 Å². The third-order valence-electron chi connectivity index (χ3n) is 6.19. The summed E-state index contributed by atoms with van der Waals surface area (Å²) in [6.07, 6.45) is -0.616. The van der Waals surface area contributed by atoms with E-state index in [1.807, 2.05) is 56.3 Å². The van der Waals surface area contributed by atoms with E-state index in [9.17, 15) is 19.2 Å². The summed E-state index contributed by atoms with van der Waals surface area (Å²) in [4.78, 5) is 50.9. The quantitative estimate of drug-likeness (QED) is 0.347. The molecule has 9 nitrogen and oxygen atoms in total. The Balaban J connectivity index is 2.10. The number of amides is 3. The van der Waals surface area contributed by atoms with Crippen LogP contribution in [0.3, 0.4) is 0 Å². The van der Waals surface area contributed by atoms with E-state index in [2.05, 4.69) is 20.7 Å². The molecule has 3 amide bonds. The van der Waals surface area contributed by atoms with Crippen LogP contribution in [-0.4, -0.2) is 48.7 Å². The number of ether oxygens (including phenoxy) is 2. The molecule has 0 saturated heterocycles. The lowest BCUT2D eigenvalue weighted by atomic mass is 9.88. The molecular formula is C31H37N3O6. The Hall–Kier alpha value is -4.40. The maximum Gasteiger partial charge on any atom is 0.412 e. The molecule has 0 fully saturated rings. The topological polar surface area (TPSA) is 123 Å². The van der Waals surface area contributed by atoms with Crippen LogP contribution in [0.5, 0.6) is 0 Å². The average molecular weight is 548 g/mol. The highest BCUT2D eigenvalue weighted by Crippen LogP contribution is 2.40. The van der Waals surface area contributed by atoms with Gasteiger partial charge >= 0.3 is 12.1 Å². The van der Waals surface area contributed by atoms with Crippen molar-refractivity contribution in [3.8, 4) is 11.1 Å². The number of benzene rings is 3. The van der Waals surface area contributed by atoms with Gasteiger partial charge in [-0.2, -0.15) is 0 Å². The predicted molar refractivity (Wildman–Crippen MR) is 155 cm³/mol. The summed E-state index contributed by atoms with van der Waals surface area (Å²) < 4.78 is 10.2. The molecule has 3 N–H and O–H groups in total. The van der Waals surface area contributed by atoms with Gasteiger partial charge in [-0.15, -0.1) is 0 Å². The van der Waals surface area contributed by atoms with Crippen LogP contribution in [0.1, 0.15) is 56.1 Å². The van der Waals surface area contributed by atoms with E-state index in [1.54, 1.807) is 26.8 Å². The van der Waals surface area contributed by atoms with Crippen LogP contribution >= 0.6 is 0 Å². The third-order valence-corrected chi connectivity index (χ3v) is 6.19. The number of carbonyl (C=O) groups is 4. The van der Waals surface area contributed by atoms with Crippen molar-refractivity contribution in [3.05, 3.63) is 65.2 Å². The lowest BCUT2D eigenvalue weighted by molar-refractivity contribution is -0.144. The van der Waals surface area contributed by atoms with Crippen LogP contribution in [0.2, 0.25) is 0 Å². The molecule has 0 aliphatic heterocycles. The van der Waals surface area contributed by atoms with Gasteiger partial charge in [-0.1, -0.05) is 36.4 Å². The van der Waals surface area contributed by atoms with Gasteiger partial charge in [-0.3, -0.25) is 14.9 Å². The minimum Gasteiger partial charge on any atom is -0.467 e. The molecule has 0 saturated carbocycles. The summed E-state index contributed by atoms with van der Waals surface area (Å²) in [5.41, 5.74) is 3.14. The van der Waals surface area contributed by atoms with Gasteiger partial charge in [0.15, 0.2) is 0 Å². The van der Waals surface area contributed by atoms with Crippen LogP contribution in [0.25, 0.3) is 21.9 Å². The zero-order valence-corrected chi connectivity index (χ0v) is 24.2. The van der Waals surface area contributed by atoms with Gasteiger partial charge in [-0.05, 0) is 82.5 Å². The summed E-state index contributed by atoms with van der Waals surface area (Å²) in [6, 6.07) is 13.2. The van der Waals surface area contributed by atoms with Gasteiger partial charge < -0.3 is 20.1 Å². The van der Waals surface area contributed by atoms with Crippen molar-refractivity contribution < 1.29 is 28.7 Å². The molecule has 0 spiro atoms. The maximum atomic E-state index is 13.7. The molecule has 0 unspecified atom stereocenters. The van der Waals surface area contributed by atoms with E-state index in [1.165, 1.54) is 21.0 Å². The minimum absolute atomic E-state index is 0.318. The lowest BCUT2D eigenvalue weighted by Gasteiger charge is -2.23. The van der Waals surface area contributed by atoms with Crippen LogP contribution in [0, 0.1) is 13.8 Å². The minimum atomic E-state index is -0.947. The highest BCUT2D eigenvalue weighted by atomic mass is 16.6. The number of carbonyl (C=O) groups excluding carboxylic acids is 4. The first-order chi connectivity index (χ1) is 18.7. The highest BCUT2D eigenvalue weighted by molar-refractivity contribution is 6.13. The maximum absolute atomic E-state index is 13.7. The Bertz CT molecular complexity index is 1460. The number of hydrogen-bond acceptors (Lipinski definition) is 6. The zero-order chi connectivity index (χ0) is 29.8. The molecule has 0 aliphatic rings. The number of aryl methyl sites for hydroxylation is 2. The molecule has 3 rings (SSSR count). The van der Waals surface area contributed by atoms with Gasteiger partial charge in [0.05, 0.1) is 12.8 Å². The van der Waals surface area contributed by atoms with Crippen molar-refractivity contribution >= 4 is 40.3 Å². The summed E-state index contributed by atoms with van der Waals surface area (Å²) in [7, 11) is 1.23. The lowest BCUT2D eigenvalue weighted by Crippen LogP contribution is -2.49. The van der Waals surface area contributed by atoms with Crippen molar-refractivity contribution in [2.24, 2.45) is 0 Å². The van der Waals surface area contributed by atoms with E-state index in [0.29, 0.717) is 22.4 Å². The molecule has 0 aliphatic carbocycles. The normalized spacial score (nSPS) is 12.7. The van der Waals surface area contributed by atoms with Crippen molar-refractivity contribution in [1.82, 2.24) is 10.6 Å². The van der Waals surface area contributed by atoms with Crippen molar-refractivity contribution in [2.45, 2.75) is 66.2 Å². The highest BCUT2D eigenvalue weighted by Gasteiger charge is 2.26. The fraction of sp³-hybridized carbons (Fsp3) is 0.355. The molecule has 212 valence electrons. The standard InChI is InChI=1S/C31H37N3O6/c1-17-15-18(2)25(24(16-17)34-30(38)40-31(5,6)7)26-22-12-10-9-11-21(22)13-14-23(26)28(36)32-19(3)27(35)33-20(4)29(37)39-8/h9-16,19-20H,1-8H3,(H,32,36)(H,33,35)(H,34,38)/t19-,20-/m0/s1. The number of methoxy groups -OCH3 is 1. The Morgan fingerprint density at radius 3 is 2.17 bits per heavy atom. The number of rotatable bonds is 7. The Labute approximate surface area is 234 Å². The molecule has 0 aromatic heterocycles. The van der Waals surface area contributed by atoms with Gasteiger partial charge in [0.1, 0.15) is 17.7 Å². The largest absolute Gasteiger partial charge is 0.467 e.